The molecule has 0 saturated carbocycles. The van der Waals surface area contributed by atoms with Gasteiger partial charge in [0, 0.05) is 0 Å². The van der Waals surface area contributed by atoms with Gasteiger partial charge in [-0.1, -0.05) is 22.8 Å². The van der Waals surface area contributed by atoms with Gasteiger partial charge in [-0.15, -0.1) is 5.10 Å². The summed E-state index contributed by atoms with van der Waals surface area (Å²) in [7, 11) is 1.83. The second kappa shape index (κ2) is 5.69. The van der Waals surface area contributed by atoms with Crippen LogP contribution in [0.3, 0.4) is 0 Å². The largest absolute Gasteiger partial charge is 0.406 e. The molecule has 2 rings (SSSR count). The lowest BCUT2D eigenvalue weighted by Crippen LogP contribution is -2.12. The number of hydrogen-bond acceptors (Lipinski definition) is 5. The number of anilines is 2. The third-order valence-electron chi connectivity index (χ3n) is 2.44. The lowest BCUT2D eigenvalue weighted by atomic mass is 10.3. The average molecular weight is 332 g/mol. The van der Waals surface area contributed by atoms with Gasteiger partial charge in [-0.05, 0) is 42.0 Å². The van der Waals surface area contributed by atoms with Gasteiger partial charge in [-0.25, -0.2) is 0 Å². The van der Waals surface area contributed by atoms with Crippen LogP contribution in [-0.4, -0.2) is 17.2 Å². The van der Waals surface area contributed by atoms with Crippen molar-refractivity contribution >= 4 is 39.2 Å². The van der Waals surface area contributed by atoms with Crippen LogP contribution in [0.25, 0.3) is 0 Å². The Labute approximate surface area is 118 Å². The number of halogens is 2. The Bertz CT molecular complexity index is 546. The van der Waals surface area contributed by atoms with E-state index < -0.39 is 0 Å². The van der Waals surface area contributed by atoms with Crippen molar-refractivity contribution in [1.82, 2.24) is 15.5 Å². The van der Waals surface area contributed by atoms with E-state index in [1.54, 1.807) is 6.07 Å². The van der Waals surface area contributed by atoms with Crippen molar-refractivity contribution < 1.29 is 4.42 Å². The Kier molecular flexibility index (Phi) is 4.21. The number of aromatic nitrogens is 2. The predicted molar refractivity (Wildman–Crippen MR) is 74.2 cm³/mol. The van der Waals surface area contributed by atoms with Crippen LogP contribution in [-0.2, 0) is 0 Å². The number of nitrogens with one attached hydrogen (secondary N) is 2. The molecule has 0 aliphatic heterocycles. The molecule has 0 saturated heterocycles. The van der Waals surface area contributed by atoms with E-state index in [1.807, 2.05) is 26.1 Å². The Morgan fingerprint density at radius 3 is 2.89 bits per heavy atom. The van der Waals surface area contributed by atoms with Gasteiger partial charge in [0.25, 0.3) is 0 Å². The fraction of sp³-hybridized carbons (Fsp3) is 0.273. The molecule has 0 aliphatic carbocycles. The zero-order valence-corrected chi connectivity index (χ0v) is 12.2. The van der Waals surface area contributed by atoms with Crippen molar-refractivity contribution in [3.63, 3.8) is 0 Å². The summed E-state index contributed by atoms with van der Waals surface area (Å²) in [6.45, 7) is 1.94. The molecule has 0 spiro atoms. The van der Waals surface area contributed by atoms with E-state index in [0.717, 1.165) is 10.2 Å². The molecule has 5 nitrogen and oxygen atoms in total. The Morgan fingerprint density at radius 2 is 2.17 bits per heavy atom. The van der Waals surface area contributed by atoms with Crippen molar-refractivity contribution in [1.29, 1.82) is 0 Å². The van der Waals surface area contributed by atoms with Crippen LogP contribution in [0, 0.1) is 0 Å². The second-order valence-electron chi connectivity index (χ2n) is 3.68. The van der Waals surface area contributed by atoms with Gasteiger partial charge in [0.05, 0.1) is 21.2 Å². The molecule has 2 aromatic rings. The quantitative estimate of drug-likeness (QED) is 0.897. The molecule has 1 atom stereocenters. The van der Waals surface area contributed by atoms with Gasteiger partial charge in [0.2, 0.25) is 5.89 Å². The van der Waals surface area contributed by atoms with Crippen LogP contribution in [0.2, 0.25) is 5.02 Å². The molecule has 18 heavy (non-hydrogen) atoms. The van der Waals surface area contributed by atoms with Crippen LogP contribution in [0.15, 0.2) is 27.1 Å². The van der Waals surface area contributed by atoms with Crippen molar-refractivity contribution in [2.24, 2.45) is 0 Å². The van der Waals surface area contributed by atoms with Crippen molar-refractivity contribution in [3.8, 4) is 0 Å². The molecule has 0 aliphatic rings. The SMILES string of the molecule is CNC(C)c1nnc(Nc2cccc(Cl)c2Br)o1. The fourth-order valence-corrected chi connectivity index (χ4v) is 1.84. The van der Waals surface area contributed by atoms with Gasteiger partial charge in [-0.2, -0.15) is 0 Å². The second-order valence-corrected chi connectivity index (χ2v) is 4.88. The smallest absolute Gasteiger partial charge is 0.320 e. The van der Waals surface area contributed by atoms with E-state index in [2.05, 4.69) is 36.8 Å². The van der Waals surface area contributed by atoms with Gasteiger partial charge in [0.1, 0.15) is 0 Å². The Morgan fingerprint density at radius 1 is 1.39 bits per heavy atom. The molecular weight excluding hydrogens is 320 g/mol. The van der Waals surface area contributed by atoms with E-state index in [4.69, 9.17) is 16.0 Å². The van der Waals surface area contributed by atoms with Gasteiger partial charge >= 0.3 is 6.01 Å². The highest BCUT2D eigenvalue weighted by molar-refractivity contribution is 9.10. The first-order chi connectivity index (χ1) is 8.61. The molecule has 0 amide bonds. The standard InChI is InChI=1S/C11H12BrClN4O/c1-6(14-2)10-16-17-11(18-10)15-8-5-3-4-7(13)9(8)12/h3-6,14H,1-2H3,(H,15,17). The highest BCUT2D eigenvalue weighted by Gasteiger charge is 2.13. The lowest BCUT2D eigenvalue weighted by Gasteiger charge is -2.05. The molecule has 1 heterocycles. The summed E-state index contributed by atoms with van der Waals surface area (Å²) in [5.41, 5.74) is 0.773. The maximum absolute atomic E-state index is 5.99. The van der Waals surface area contributed by atoms with Gasteiger partial charge in [0.15, 0.2) is 0 Å². The highest BCUT2D eigenvalue weighted by atomic mass is 79.9. The maximum Gasteiger partial charge on any atom is 0.320 e. The van der Waals surface area contributed by atoms with Crippen LogP contribution < -0.4 is 10.6 Å². The van der Waals surface area contributed by atoms with Crippen LogP contribution in [0.4, 0.5) is 11.7 Å². The van der Waals surface area contributed by atoms with Crippen LogP contribution in [0.1, 0.15) is 18.9 Å². The minimum atomic E-state index is 0.0100. The first-order valence-electron chi connectivity index (χ1n) is 5.33. The topological polar surface area (TPSA) is 63.0 Å². The fourth-order valence-electron chi connectivity index (χ4n) is 1.30. The molecule has 0 fully saturated rings. The maximum atomic E-state index is 5.99. The third-order valence-corrected chi connectivity index (χ3v) is 3.83. The molecule has 1 unspecified atom stereocenters. The normalized spacial score (nSPS) is 12.4. The van der Waals surface area contributed by atoms with Gasteiger partial charge < -0.3 is 15.1 Å². The monoisotopic (exact) mass is 330 g/mol. The predicted octanol–water partition coefficient (Wildman–Crippen LogP) is 3.51. The minimum absolute atomic E-state index is 0.0100. The Balaban J connectivity index is 2.19. The summed E-state index contributed by atoms with van der Waals surface area (Å²) in [5.74, 6) is 0.526. The van der Waals surface area contributed by atoms with Crippen LogP contribution in [0.5, 0.6) is 0 Å². The highest BCUT2D eigenvalue weighted by Crippen LogP contribution is 2.31. The third kappa shape index (κ3) is 2.82. The number of benzene rings is 1. The van der Waals surface area contributed by atoms with Gasteiger partial charge in [-0.3, -0.25) is 0 Å². The zero-order valence-electron chi connectivity index (χ0n) is 9.87. The summed E-state index contributed by atoms with van der Waals surface area (Å²) in [6.07, 6.45) is 0. The zero-order chi connectivity index (χ0) is 13.1. The van der Waals surface area contributed by atoms with Crippen molar-refractivity contribution in [2.45, 2.75) is 13.0 Å². The molecular formula is C11H12BrClN4O. The minimum Gasteiger partial charge on any atom is -0.406 e. The molecule has 1 aromatic carbocycles. The average Bonchev–Trinajstić information content (AvgIpc) is 2.82. The van der Waals surface area contributed by atoms with E-state index >= 15 is 0 Å². The summed E-state index contributed by atoms with van der Waals surface area (Å²) in [6, 6.07) is 5.83. The lowest BCUT2D eigenvalue weighted by molar-refractivity contribution is 0.443. The Hall–Kier alpha value is -1.11. The van der Waals surface area contributed by atoms with E-state index in [-0.39, 0.29) is 6.04 Å². The summed E-state index contributed by atoms with van der Waals surface area (Å²) in [5, 5.41) is 14.5. The van der Waals surface area contributed by atoms with Crippen molar-refractivity contribution in [2.75, 3.05) is 12.4 Å². The molecule has 1 aromatic heterocycles. The van der Waals surface area contributed by atoms with E-state index in [1.165, 1.54) is 0 Å². The molecule has 0 bridgehead atoms. The molecule has 2 N–H and O–H groups in total. The van der Waals surface area contributed by atoms with E-state index in [0.29, 0.717) is 16.9 Å². The first kappa shape index (κ1) is 13.3. The summed E-state index contributed by atoms with van der Waals surface area (Å²) < 4.78 is 6.23. The summed E-state index contributed by atoms with van der Waals surface area (Å²) >= 11 is 9.39. The molecule has 96 valence electrons. The van der Waals surface area contributed by atoms with E-state index in [9.17, 15) is 0 Å². The molecule has 0 radical (unpaired) electrons. The summed E-state index contributed by atoms with van der Waals surface area (Å²) in [4.78, 5) is 0. The number of hydrogen-bond donors (Lipinski definition) is 2. The number of rotatable bonds is 4. The number of nitrogens with zero attached hydrogens (tertiary/aromatic N) is 2. The first-order valence-corrected chi connectivity index (χ1v) is 6.50. The van der Waals surface area contributed by atoms with Crippen molar-refractivity contribution in [3.05, 3.63) is 33.6 Å². The van der Waals surface area contributed by atoms with Crippen LogP contribution >= 0.6 is 27.5 Å². The molecule has 7 heteroatoms.